The molecule has 0 aliphatic heterocycles. The normalized spacial score (nSPS) is 14.8. The highest BCUT2D eigenvalue weighted by Crippen LogP contribution is 2.39. The summed E-state index contributed by atoms with van der Waals surface area (Å²) in [5.41, 5.74) is 1.80. The minimum Gasteiger partial charge on any atom is -0.495 e. The van der Waals surface area contributed by atoms with Gasteiger partial charge in [-0.2, -0.15) is 13.2 Å². The molecule has 0 saturated heterocycles. The van der Waals surface area contributed by atoms with E-state index in [0.29, 0.717) is 17.2 Å². The molecule has 0 spiro atoms. The lowest BCUT2D eigenvalue weighted by molar-refractivity contribution is -0.189. The highest BCUT2D eigenvalue weighted by atomic mass is 32.2. The lowest BCUT2D eigenvalue weighted by atomic mass is 10.1. The number of nitrogens with one attached hydrogen (secondary N) is 2. The number of sulfonamides is 1. The van der Waals surface area contributed by atoms with Crippen molar-refractivity contribution < 1.29 is 35.9 Å². The van der Waals surface area contributed by atoms with Gasteiger partial charge in [0.05, 0.1) is 23.4 Å². The van der Waals surface area contributed by atoms with E-state index in [1.54, 1.807) is 19.1 Å². The van der Waals surface area contributed by atoms with Gasteiger partial charge < -0.3 is 14.8 Å². The van der Waals surface area contributed by atoms with Crippen molar-refractivity contribution in [2.45, 2.75) is 76.4 Å². The van der Waals surface area contributed by atoms with E-state index in [1.807, 2.05) is 6.92 Å². The average Bonchev–Trinajstić information content (AvgIpc) is 3.09. The zero-order valence-electron chi connectivity index (χ0n) is 23.1. The third-order valence-corrected chi connectivity index (χ3v) is 9.50. The maximum absolute atomic E-state index is 13.6. The summed E-state index contributed by atoms with van der Waals surface area (Å²) in [6.45, 7) is 4.81. The van der Waals surface area contributed by atoms with Crippen molar-refractivity contribution in [1.82, 2.24) is 4.98 Å². The molecular weight excluding hydrogens is 579 g/mol. The van der Waals surface area contributed by atoms with Gasteiger partial charge in [-0.25, -0.2) is 18.2 Å². The predicted molar refractivity (Wildman–Crippen MR) is 152 cm³/mol. The van der Waals surface area contributed by atoms with Gasteiger partial charge in [0.2, 0.25) is 0 Å². The molecule has 0 bridgehead atoms. The molecule has 1 aromatic heterocycles. The lowest BCUT2D eigenvalue weighted by Gasteiger charge is -2.18. The number of thiazole rings is 1. The molecule has 1 fully saturated rings. The van der Waals surface area contributed by atoms with Crippen LogP contribution in [0.15, 0.2) is 35.2 Å². The molecular formula is C28H32F3N3O5S2. The van der Waals surface area contributed by atoms with Gasteiger partial charge >= 0.3 is 12.1 Å². The van der Waals surface area contributed by atoms with Crippen molar-refractivity contribution in [3.63, 3.8) is 0 Å². The van der Waals surface area contributed by atoms with Crippen LogP contribution in [0.3, 0.4) is 0 Å². The molecule has 1 aliphatic rings. The van der Waals surface area contributed by atoms with Crippen LogP contribution in [0.2, 0.25) is 0 Å². The Morgan fingerprint density at radius 1 is 1.02 bits per heavy atom. The minimum absolute atomic E-state index is 0.00575. The predicted octanol–water partition coefficient (Wildman–Crippen LogP) is 7.15. The van der Waals surface area contributed by atoms with Crippen molar-refractivity contribution in [3.8, 4) is 21.9 Å². The maximum atomic E-state index is 13.6. The standard InChI is InChI=1S/C28H32F3N3O5S2/c1-16-11-13-21(39-26(35)28(29,30)31)17(2)24(16)34-41(36,37)23-15-19(12-14-22(23)38-4)25-18(3)32-27(40-25)33-20-9-7-5-6-8-10-20/h11-15,20,34H,5-10H2,1-4H3,(H,32,33). The SMILES string of the molecule is COc1ccc(-c2sc(NC3CCCCCC3)nc2C)cc1S(=O)(=O)Nc1c(C)ccc(OC(=O)C(F)(F)F)c1C. The smallest absolute Gasteiger partial charge is 0.491 e. The molecule has 1 aliphatic carbocycles. The van der Waals surface area contributed by atoms with E-state index < -0.39 is 27.9 Å². The second kappa shape index (κ2) is 12.3. The van der Waals surface area contributed by atoms with E-state index in [4.69, 9.17) is 4.74 Å². The van der Waals surface area contributed by atoms with E-state index in [9.17, 15) is 26.4 Å². The van der Waals surface area contributed by atoms with Gasteiger partial charge in [-0.1, -0.05) is 43.1 Å². The molecule has 2 N–H and O–H groups in total. The quantitative estimate of drug-likeness (QED) is 0.158. The van der Waals surface area contributed by atoms with E-state index in [0.717, 1.165) is 28.5 Å². The number of nitrogens with zero attached hydrogens (tertiary/aromatic N) is 1. The van der Waals surface area contributed by atoms with Crippen molar-refractivity contribution in [2.24, 2.45) is 0 Å². The molecule has 1 heterocycles. The third kappa shape index (κ3) is 7.13. The Bertz CT molecular complexity index is 1530. The van der Waals surface area contributed by atoms with E-state index in [2.05, 4.69) is 19.8 Å². The molecule has 8 nitrogen and oxygen atoms in total. The van der Waals surface area contributed by atoms with Gasteiger partial charge in [-0.15, -0.1) is 0 Å². The number of hydrogen-bond donors (Lipinski definition) is 2. The van der Waals surface area contributed by atoms with Crippen LogP contribution in [0.5, 0.6) is 11.5 Å². The van der Waals surface area contributed by atoms with Crippen LogP contribution in [0.4, 0.5) is 24.0 Å². The van der Waals surface area contributed by atoms with Crippen LogP contribution in [0.1, 0.15) is 55.3 Å². The number of benzene rings is 2. The van der Waals surface area contributed by atoms with E-state index in [-0.39, 0.29) is 21.9 Å². The summed E-state index contributed by atoms with van der Waals surface area (Å²) in [6.07, 6.45) is 1.78. The zero-order chi connectivity index (χ0) is 29.9. The Balaban J connectivity index is 1.65. The molecule has 3 aromatic rings. The number of aryl methyl sites for hydroxylation is 2. The summed E-state index contributed by atoms with van der Waals surface area (Å²) in [5, 5.41) is 4.32. The topological polar surface area (TPSA) is 107 Å². The molecule has 0 amide bonds. The summed E-state index contributed by atoms with van der Waals surface area (Å²) in [4.78, 5) is 16.7. The van der Waals surface area contributed by atoms with E-state index >= 15 is 0 Å². The van der Waals surface area contributed by atoms with E-state index in [1.165, 1.54) is 69.3 Å². The number of aromatic nitrogens is 1. The number of methoxy groups -OCH3 is 1. The fourth-order valence-corrected chi connectivity index (χ4v) is 7.23. The van der Waals surface area contributed by atoms with Crippen molar-refractivity contribution in [2.75, 3.05) is 17.1 Å². The first kappa shape index (κ1) is 30.6. The monoisotopic (exact) mass is 611 g/mol. The fourth-order valence-electron chi connectivity index (χ4n) is 4.79. The van der Waals surface area contributed by atoms with Crippen LogP contribution in [0.25, 0.3) is 10.4 Å². The van der Waals surface area contributed by atoms with Gasteiger partial charge in [0, 0.05) is 11.6 Å². The largest absolute Gasteiger partial charge is 0.495 e. The number of halogens is 3. The Hall–Kier alpha value is -3.32. The molecule has 4 rings (SSSR count). The Labute approximate surface area is 241 Å². The third-order valence-electron chi connectivity index (χ3n) is 6.99. The average molecular weight is 612 g/mol. The first-order valence-corrected chi connectivity index (χ1v) is 15.4. The number of alkyl halides is 3. The first-order chi connectivity index (χ1) is 19.3. The van der Waals surface area contributed by atoms with Crippen LogP contribution in [0, 0.1) is 20.8 Å². The molecule has 41 heavy (non-hydrogen) atoms. The second-order valence-electron chi connectivity index (χ2n) is 10.0. The molecule has 13 heteroatoms. The number of esters is 1. The summed E-state index contributed by atoms with van der Waals surface area (Å²) < 4.78 is 77.8. The second-order valence-corrected chi connectivity index (χ2v) is 12.7. The van der Waals surface area contributed by atoms with Crippen LogP contribution in [-0.2, 0) is 14.8 Å². The van der Waals surface area contributed by atoms with Gasteiger partial charge in [-0.05, 0) is 69.0 Å². The number of carbonyl (C=O) groups excluding carboxylic acids is 1. The Morgan fingerprint density at radius 2 is 1.68 bits per heavy atom. The van der Waals surface area contributed by atoms with Crippen LogP contribution < -0.4 is 19.5 Å². The molecule has 1 saturated carbocycles. The highest BCUT2D eigenvalue weighted by Gasteiger charge is 2.41. The molecule has 222 valence electrons. The molecule has 0 unspecified atom stereocenters. The lowest BCUT2D eigenvalue weighted by Crippen LogP contribution is -2.28. The van der Waals surface area contributed by atoms with Crippen molar-refractivity contribution in [1.29, 1.82) is 0 Å². The van der Waals surface area contributed by atoms with Crippen molar-refractivity contribution >= 4 is 38.1 Å². The first-order valence-electron chi connectivity index (χ1n) is 13.1. The van der Waals surface area contributed by atoms with Crippen LogP contribution in [-0.4, -0.2) is 38.7 Å². The number of anilines is 2. The van der Waals surface area contributed by atoms with Crippen LogP contribution >= 0.6 is 11.3 Å². The van der Waals surface area contributed by atoms with Crippen molar-refractivity contribution in [3.05, 3.63) is 47.2 Å². The number of carbonyl (C=O) groups is 1. The number of rotatable bonds is 8. The summed E-state index contributed by atoms with van der Waals surface area (Å²) in [5.74, 6) is -2.74. The summed E-state index contributed by atoms with van der Waals surface area (Å²) >= 11 is 1.45. The molecule has 2 aromatic carbocycles. The van der Waals surface area contributed by atoms with Gasteiger partial charge in [-0.3, -0.25) is 4.72 Å². The zero-order valence-corrected chi connectivity index (χ0v) is 24.8. The highest BCUT2D eigenvalue weighted by molar-refractivity contribution is 7.92. The number of ether oxygens (including phenoxy) is 2. The molecule has 0 atom stereocenters. The fraction of sp³-hybridized carbons (Fsp3) is 0.429. The molecule has 0 radical (unpaired) electrons. The Kier molecular flexibility index (Phi) is 9.17. The maximum Gasteiger partial charge on any atom is 0.491 e. The van der Waals surface area contributed by atoms with Gasteiger partial charge in [0.15, 0.2) is 5.13 Å². The Morgan fingerprint density at radius 3 is 2.32 bits per heavy atom. The van der Waals surface area contributed by atoms with Gasteiger partial charge in [0.25, 0.3) is 10.0 Å². The summed E-state index contributed by atoms with van der Waals surface area (Å²) in [6, 6.07) is 7.67. The van der Waals surface area contributed by atoms with Gasteiger partial charge in [0.1, 0.15) is 16.4 Å². The summed E-state index contributed by atoms with van der Waals surface area (Å²) in [7, 11) is -2.97. The minimum atomic E-state index is -5.20. The number of hydrogen-bond acceptors (Lipinski definition) is 8.